The maximum atomic E-state index is 9.91. The number of para-hydroxylation sites is 2. The van der Waals surface area contributed by atoms with Gasteiger partial charge in [-0.25, -0.2) is 0 Å². The summed E-state index contributed by atoms with van der Waals surface area (Å²) in [6, 6.07) is 23.0. The third-order valence-electron chi connectivity index (χ3n) is 3.43. The third kappa shape index (κ3) is 5.48. The van der Waals surface area contributed by atoms with Crippen molar-refractivity contribution in [3.63, 3.8) is 0 Å². The molecular formula is C20H19CoN2O2. The molecule has 0 unspecified atom stereocenters. The van der Waals surface area contributed by atoms with E-state index in [9.17, 15) is 10.2 Å². The third-order valence-corrected chi connectivity index (χ3v) is 3.43. The first kappa shape index (κ1) is 22.4. The summed E-state index contributed by atoms with van der Waals surface area (Å²) in [4.78, 5) is 0. The average molecular weight is 378 g/mol. The molecule has 3 rings (SSSR count). The van der Waals surface area contributed by atoms with E-state index >= 15 is 0 Å². The molecule has 0 amide bonds. The van der Waals surface area contributed by atoms with Crippen LogP contribution in [0.5, 0.6) is 11.5 Å². The summed E-state index contributed by atoms with van der Waals surface area (Å²) in [5.41, 5.74) is 1.50. The summed E-state index contributed by atoms with van der Waals surface area (Å²) in [5, 5.41) is 21.7. The SMILES string of the molecule is Oc1ccccc1C=c1c[c-]ccc1=Cc1ccccc1O.[Co+3].[NH2-].[NH2-]. The predicted octanol–water partition coefficient (Wildman–Crippen LogP) is 3.99. The minimum Gasteiger partial charge on any atom is -0.693 e. The molecule has 0 aliphatic rings. The van der Waals surface area contributed by atoms with Gasteiger partial charge in [-0.15, -0.1) is 10.4 Å². The predicted molar refractivity (Wildman–Crippen MR) is 98.4 cm³/mol. The Kier molecular flexibility index (Phi) is 9.26. The van der Waals surface area contributed by atoms with Crippen LogP contribution in [0, 0.1) is 6.07 Å². The van der Waals surface area contributed by atoms with Crippen LogP contribution >= 0.6 is 0 Å². The zero-order valence-electron chi connectivity index (χ0n) is 13.4. The topological polar surface area (TPSA) is 107 Å². The molecule has 0 aliphatic carbocycles. The summed E-state index contributed by atoms with van der Waals surface area (Å²) < 4.78 is 0. The number of rotatable bonds is 2. The molecule has 0 spiro atoms. The van der Waals surface area contributed by atoms with E-state index in [1.165, 1.54) is 0 Å². The Morgan fingerprint density at radius 3 is 1.68 bits per heavy atom. The van der Waals surface area contributed by atoms with E-state index in [0.29, 0.717) is 0 Å². The van der Waals surface area contributed by atoms with Crippen LogP contribution in [-0.4, -0.2) is 10.2 Å². The van der Waals surface area contributed by atoms with Gasteiger partial charge < -0.3 is 22.5 Å². The van der Waals surface area contributed by atoms with Gasteiger partial charge in [-0.3, -0.25) is 0 Å². The molecule has 0 saturated carbocycles. The first-order valence-corrected chi connectivity index (χ1v) is 6.99. The number of benzene rings is 3. The zero-order valence-corrected chi connectivity index (χ0v) is 14.4. The quantitative estimate of drug-likeness (QED) is 0.658. The number of hydrogen-bond acceptors (Lipinski definition) is 2. The maximum absolute atomic E-state index is 9.91. The van der Waals surface area contributed by atoms with Crippen molar-refractivity contribution in [1.82, 2.24) is 0 Å². The fraction of sp³-hybridized carbons (Fsp3) is 0. The summed E-state index contributed by atoms with van der Waals surface area (Å²) in [7, 11) is 0. The van der Waals surface area contributed by atoms with E-state index < -0.39 is 0 Å². The maximum Gasteiger partial charge on any atom is 3.00 e. The largest absolute Gasteiger partial charge is 3.00 e. The Bertz CT molecular complexity index is 850. The molecule has 3 aromatic carbocycles. The van der Waals surface area contributed by atoms with Gasteiger partial charge >= 0.3 is 16.8 Å². The summed E-state index contributed by atoms with van der Waals surface area (Å²) in [6.07, 6.45) is 3.81. The molecule has 0 saturated heterocycles. The van der Waals surface area contributed by atoms with E-state index in [4.69, 9.17) is 0 Å². The minimum atomic E-state index is 0. The van der Waals surface area contributed by atoms with Crippen molar-refractivity contribution in [1.29, 1.82) is 0 Å². The van der Waals surface area contributed by atoms with Gasteiger partial charge in [0.05, 0.1) is 0 Å². The molecule has 0 aliphatic heterocycles. The standard InChI is InChI=1S/C20H15O2.Co.2H2N/c21-19-11-5-3-9-17(19)13-15-7-1-2-8-16(15)14-18-10-4-6-12-20(18)22;;;/h1,3-14,21-22H;;2*1H2/q-1;+3;2*-1. The molecule has 25 heavy (non-hydrogen) atoms. The van der Waals surface area contributed by atoms with Gasteiger partial charge in [0.1, 0.15) is 11.5 Å². The molecule has 5 heteroatoms. The van der Waals surface area contributed by atoms with E-state index in [-0.39, 0.29) is 40.6 Å². The van der Waals surface area contributed by atoms with Crippen molar-refractivity contribution in [2.45, 2.75) is 0 Å². The number of phenols is 2. The first-order chi connectivity index (χ1) is 10.7. The van der Waals surface area contributed by atoms with Crippen LogP contribution in [-0.2, 0) is 16.8 Å². The number of nitrogens with two attached hydrogens (primary N) is 2. The molecule has 130 valence electrons. The van der Waals surface area contributed by atoms with Crippen LogP contribution in [0.15, 0.2) is 66.7 Å². The van der Waals surface area contributed by atoms with Gasteiger partial charge in [-0.05, 0) is 12.1 Å². The van der Waals surface area contributed by atoms with Crippen molar-refractivity contribution < 1.29 is 27.0 Å². The Morgan fingerprint density at radius 1 is 0.680 bits per heavy atom. The molecule has 0 fully saturated rings. The van der Waals surface area contributed by atoms with E-state index in [2.05, 4.69) is 6.07 Å². The molecule has 3 aromatic rings. The summed E-state index contributed by atoms with van der Waals surface area (Å²) in [5.74, 6) is 0.476. The van der Waals surface area contributed by atoms with Crippen LogP contribution < -0.4 is 10.4 Å². The van der Waals surface area contributed by atoms with E-state index in [1.807, 2.05) is 54.6 Å². The van der Waals surface area contributed by atoms with Gasteiger partial charge in [-0.2, -0.15) is 24.3 Å². The van der Waals surface area contributed by atoms with Crippen molar-refractivity contribution in [3.05, 3.63) is 107 Å². The number of aromatic hydroxyl groups is 2. The second-order valence-corrected chi connectivity index (χ2v) is 4.96. The van der Waals surface area contributed by atoms with Gasteiger partial charge in [0.15, 0.2) is 0 Å². The number of hydrogen-bond donors (Lipinski definition) is 2. The normalized spacial score (nSPS) is 11.0. The molecule has 0 aromatic heterocycles. The summed E-state index contributed by atoms with van der Waals surface area (Å²) in [6.45, 7) is 0. The van der Waals surface area contributed by atoms with Crippen LogP contribution in [0.2, 0.25) is 0 Å². The van der Waals surface area contributed by atoms with Gasteiger partial charge in [0, 0.05) is 11.1 Å². The second-order valence-electron chi connectivity index (χ2n) is 4.96. The van der Waals surface area contributed by atoms with Gasteiger partial charge in [0.25, 0.3) is 0 Å². The zero-order chi connectivity index (χ0) is 15.4. The molecule has 0 heterocycles. The monoisotopic (exact) mass is 378 g/mol. The van der Waals surface area contributed by atoms with Crippen LogP contribution in [0.1, 0.15) is 11.1 Å². The first-order valence-electron chi connectivity index (χ1n) is 6.99. The number of phenolic OH excluding ortho intramolecular Hbond substituents is 2. The Labute approximate surface area is 157 Å². The molecule has 0 atom stereocenters. The Balaban J connectivity index is 0.00000192. The summed E-state index contributed by atoms with van der Waals surface area (Å²) >= 11 is 0. The van der Waals surface area contributed by atoms with E-state index in [0.717, 1.165) is 21.6 Å². The average Bonchev–Trinajstić information content (AvgIpc) is 2.53. The van der Waals surface area contributed by atoms with Crippen molar-refractivity contribution in [2.75, 3.05) is 0 Å². The van der Waals surface area contributed by atoms with E-state index in [1.54, 1.807) is 24.3 Å². The van der Waals surface area contributed by atoms with Crippen molar-refractivity contribution in [3.8, 4) is 11.5 Å². The van der Waals surface area contributed by atoms with Crippen LogP contribution in [0.4, 0.5) is 0 Å². The fourth-order valence-corrected chi connectivity index (χ4v) is 2.27. The van der Waals surface area contributed by atoms with Crippen LogP contribution in [0.3, 0.4) is 0 Å². The van der Waals surface area contributed by atoms with Gasteiger partial charge in [0.2, 0.25) is 0 Å². The molecular weight excluding hydrogens is 359 g/mol. The van der Waals surface area contributed by atoms with Gasteiger partial charge in [-0.1, -0.05) is 48.6 Å². The van der Waals surface area contributed by atoms with Crippen LogP contribution in [0.25, 0.3) is 24.5 Å². The molecule has 6 N–H and O–H groups in total. The molecule has 0 radical (unpaired) electrons. The molecule has 4 nitrogen and oxygen atoms in total. The fourth-order valence-electron chi connectivity index (χ4n) is 2.27. The Morgan fingerprint density at radius 2 is 1.16 bits per heavy atom. The molecule has 0 bridgehead atoms. The smallest absolute Gasteiger partial charge is 0.693 e. The Hall–Kier alpha value is -2.57. The van der Waals surface area contributed by atoms with Crippen molar-refractivity contribution >= 4 is 12.2 Å². The van der Waals surface area contributed by atoms with Crippen molar-refractivity contribution in [2.24, 2.45) is 0 Å². The second kappa shape index (κ2) is 10.3. The minimum absolute atomic E-state index is 0.